The topological polar surface area (TPSA) is 48.5 Å². The fourth-order valence-electron chi connectivity index (χ4n) is 8.79. The van der Waals surface area contributed by atoms with Crippen molar-refractivity contribution in [2.24, 2.45) is 0 Å². The van der Waals surface area contributed by atoms with Gasteiger partial charge in [-0.1, -0.05) is 165 Å². The molecule has 0 aliphatic heterocycles. The third kappa shape index (κ3) is 6.23. The lowest BCUT2D eigenvalue weighted by Crippen LogP contribution is -2.06. The minimum atomic E-state index is 0.576. The van der Waals surface area contributed by atoms with Gasteiger partial charge in [0.2, 0.25) is 5.95 Å². The van der Waals surface area contributed by atoms with E-state index in [4.69, 9.17) is 15.0 Å². The van der Waals surface area contributed by atoms with Gasteiger partial charge < -0.3 is 4.57 Å². The van der Waals surface area contributed by atoms with Crippen LogP contribution in [0.25, 0.3) is 100 Å². The van der Waals surface area contributed by atoms with E-state index >= 15 is 0 Å². The van der Waals surface area contributed by atoms with Crippen LogP contribution in [0.2, 0.25) is 0 Å². The lowest BCUT2D eigenvalue weighted by Gasteiger charge is -2.12. The summed E-state index contributed by atoms with van der Waals surface area (Å²) in [5.41, 5.74) is 13.5. The molecule has 0 fully saturated rings. The lowest BCUT2D eigenvalue weighted by atomic mass is 10.0. The molecule has 11 aromatic rings. The molecule has 0 amide bonds. The molecular weight excluding hydrogens is 731 g/mol. The van der Waals surface area contributed by atoms with E-state index in [1.165, 1.54) is 40.3 Å². The van der Waals surface area contributed by atoms with Crippen molar-refractivity contribution < 1.29 is 0 Å². The van der Waals surface area contributed by atoms with Crippen molar-refractivity contribution in [3.05, 3.63) is 200 Å². The molecule has 5 heteroatoms. The van der Waals surface area contributed by atoms with Crippen molar-refractivity contribution in [2.75, 3.05) is 0 Å². The van der Waals surface area contributed by atoms with Crippen LogP contribution in [0.3, 0.4) is 0 Å². The van der Waals surface area contributed by atoms with E-state index in [1.54, 1.807) is 0 Å². The maximum atomic E-state index is 5.29. The van der Waals surface area contributed by atoms with Crippen molar-refractivity contribution in [1.82, 2.24) is 24.1 Å². The minimum Gasteiger partial charge on any atom is -0.309 e. The van der Waals surface area contributed by atoms with E-state index in [9.17, 15) is 0 Å². The maximum absolute atomic E-state index is 5.29. The zero-order valence-electron chi connectivity index (χ0n) is 33.3. The van der Waals surface area contributed by atoms with Gasteiger partial charge in [0, 0.05) is 38.4 Å². The molecule has 0 bridgehead atoms. The highest BCUT2D eigenvalue weighted by atomic mass is 15.2. The van der Waals surface area contributed by atoms with Gasteiger partial charge in [-0.25, -0.2) is 4.98 Å². The van der Waals surface area contributed by atoms with Gasteiger partial charge in [-0.15, -0.1) is 0 Å². The van der Waals surface area contributed by atoms with Crippen LogP contribution in [-0.2, 0) is 6.42 Å². The smallest absolute Gasteiger partial charge is 0.238 e. The zero-order chi connectivity index (χ0) is 40.0. The van der Waals surface area contributed by atoms with Crippen LogP contribution in [0.4, 0.5) is 0 Å². The van der Waals surface area contributed by atoms with E-state index in [-0.39, 0.29) is 0 Å². The molecule has 0 saturated heterocycles. The number of rotatable bonds is 9. The van der Waals surface area contributed by atoms with Gasteiger partial charge in [0.1, 0.15) is 0 Å². The lowest BCUT2D eigenvalue weighted by molar-refractivity contribution is 0.795. The highest BCUT2D eigenvalue weighted by molar-refractivity contribution is 6.19. The second-order valence-corrected chi connectivity index (χ2v) is 15.5. The SMILES string of the molecule is CCCCc1cccc(-c2ccc(-n3c4ccccc4c4cc5c(cc43)c3ccccc3n5-c3nc(-c4ccccc4)nc(-c4cccc(-c5ccccc5)c4)n3)cc2)c1. The second-order valence-electron chi connectivity index (χ2n) is 15.5. The first-order valence-electron chi connectivity index (χ1n) is 20.8. The third-order valence-electron chi connectivity index (χ3n) is 11.8. The quantitative estimate of drug-likeness (QED) is 0.147. The average Bonchev–Trinajstić information content (AvgIpc) is 3.82. The summed E-state index contributed by atoms with van der Waals surface area (Å²) in [7, 11) is 0. The van der Waals surface area contributed by atoms with E-state index in [0.29, 0.717) is 17.6 Å². The Kier molecular flexibility index (Phi) is 8.85. The highest BCUT2D eigenvalue weighted by Gasteiger charge is 2.21. The molecule has 0 atom stereocenters. The van der Waals surface area contributed by atoms with Gasteiger partial charge in [-0.3, -0.25) is 4.57 Å². The Hall–Kier alpha value is -7.63. The molecule has 0 saturated carbocycles. The fourth-order valence-corrected chi connectivity index (χ4v) is 8.79. The summed E-state index contributed by atoms with van der Waals surface area (Å²) in [6.07, 6.45) is 3.51. The van der Waals surface area contributed by atoms with Crippen molar-refractivity contribution in [3.8, 4) is 56.7 Å². The summed E-state index contributed by atoms with van der Waals surface area (Å²) < 4.78 is 4.63. The van der Waals surface area contributed by atoms with Gasteiger partial charge in [0.05, 0.1) is 22.1 Å². The molecule has 0 unspecified atom stereocenters. The van der Waals surface area contributed by atoms with Crippen LogP contribution in [0, 0.1) is 0 Å². The van der Waals surface area contributed by atoms with Gasteiger partial charge in [0.25, 0.3) is 0 Å². The number of aromatic nitrogens is 5. The Bertz CT molecular complexity index is 3340. The highest BCUT2D eigenvalue weighted by Crippen LogP contribution is 2.40. The molecular formula is C55H41N5. The van der Waals surface area contributed by atoms with Crippen LogP contribution in [-0.4, -0.2) is 24.1 Å². The second kappa shape index (κ2) is 14.9. The Morgan fingerprint density at radius 3 is 1.57 bits per heavy atom. The van der Waals surface area contributed by atoms with E-state index in [1.807, 2.05) is 24.3 Å². The summed E-state index contributed by atoms with van der Waals surface area (Å²) >= 11 is 0. The molecule has 8 aromatic carbocycles. The number of hydrogen-bond acceptors (Lipinski definition) is 3. The summed E-state index contributed by atoms with van der Waals surface area (Å²) in [4.78, 5) is 15.6. The Labute approximate surface area is 348 Å². The third-order valence-corrected chi connectivity index (χ3v) is 11.8. The molecule has 11 rings (SSSR count). The molecule has 0 aliphatic rings. The van der Waals surface area contributed by atoms with Gasteiger partial charge in [-0.05, 0) is 83.1 Å². The number of nitrogens with zero attached hydrogens (tertiary/aromatic N) is 5. The van der Waals surface area contributed by atoms with Crippen LogP contribution in [0.1, 0.15) is 25.3 Å². The summed E-state index contributed by atoms with van der Waals surface area (Å²) in [6.45, 7) is 2.25. The molecule has 60 heavy (non-hydrogen) atoms. The molecule has 3 aromatic heterocycles. The summed E-state index contributed by atoms with van der Waals surface area (Å²) in [5.74, 6) is 1.82. The molecule has 0 spiro atoms. The number of unbranched alkanes of at least 4 members (excludes halogenated alkanes) is 1. The monoisotopic (exact) mass is 771 g/mol. The Morgan fingerprint density at radius 1 is 0.367 bits per heavy atom. The standard InChI is InChI=1S/C55H41N5/c1-2-3-16-37-17-14-22-41(33-37)39-29-31-44(32-30-39)59-49-27-12-10-25-45(49)47-36-52-48(35-51(47)59)46-26-11-13-28-50(46)60(52)55-57-53(40-20-8-5-9-21-40)56-54(58-55)43-24-15-23-42(34-43)38-18-6-4-7-19-38/h4-15,17-36H,2-3,16H2,1H3. The first-order valence-corrected chi connectivity index (χ1v) is 20.8. The minimum absolute atomic E-state index is 0.576. The maximum Gasteiger partial charge on any atom is 0.238 e. The molecule has 286 valence electrons. The van der Waals surface area contributed by atoms with Crippen LogP contribution in [0.15, 0.2) is 194 Å². The van der Waals surface area contributed by atoms with Crippen LogP contribution >= 0.6 is 0 Å². The number of fused-ring (bicyclic) bond motifs is 6. The number of para-hydroxylation sites is 2. The molecule has 0 aliphatic carbocycles. The number of aryl methyl sites for hydroxylation is 1. The normalized spacial score (nSPS) is 11.6. The largest absolute Gasteiger partial charge is 0.309 e. The number of hydrogen-bond donors (Lipinski definition) is 0. The van der Waals surface area contributed by atoms with Crippen molar-refractivity contribution in [3.63, 3.8) is 0 Å². The average molecular weight is 772 g/mol. The van der Waals surface area contributed by atoms with Gasteiger partial charge in [-0.2, -0.15) is 9.97 Å². The number of benzene rings is 8. The fraction of sp³-hybridized carbons (Fsp3) is 0.0727. The van der Waals surface area contributed by atoms with Crippen LogP contribution in [0.5, 0.6) is 0 Å². The van der Waals surface area contributed by atoms with Gasteiger partial charge in [0.15, 0.2) is 11.6 Å². The van der Waals surface area contributed by atoms with E-state index < -0.39 is 0 Å². The Morgan fingerprint density at radius 2 is 0.883 bits per heavy atom. The van der Waals surface area contributed by atoms with E-state index in [2.05, 4.69) is 186 Å². The van der Waals surface area contributed by atoms with Crippen LogP contribution < -0.4 is 0 Å². The van der Waals surface area contributed by atoms with Crippen molar-refractivity contribution >= 4 is 43.6 Å². The Balaban J connectivity index is 1.11. The van der Waals surface area contributed by atoms with Gasteiger partial charge >= 0.3 is 0 Å². The molecule has 0 radical (unpaired) electrons. The summed E-state index contributed by atoms with van der Waals surface area (Å²) in [5, 5.41) is 4.64. The first kappa shape index (κ1) is 35.5. The van der Waals surface area contributed by atoms with Crippen molar-refractivity contribution in [1.29, 1.82) is 0 Å². The molecule has 0 N–H and O–H groups in total. The van der Waals surface area contributed by atoms with E-state index in [0.717, 1.165) is 67.2 Å². The zero-order valence-corrected chi connectivity index (χ0v) is 33.3. The summed E-state index contributed by atoms with van der Waals surface area (Å²) in [6, 6.07) is 69.2. The molecule has 3 heterocycles. The first-order chi connectivity index (χ1) is 29.7. The molecule has 5 nitrogen and oxygen atoms in total. The predicted octanol–water partition coefficient (Wildman–Crippen LogP) is 14.1. The van der Waals surface area contributed by atoms with Crippen molar-refractivity contribution in [2.45, 2.75) is 26.2 Å². The predicted molar refractivity (Wildman–Crippen MR) is 249 cm³/mol.